The maximum Gasteiger partial charge on any atom is 0.0699 e. The second-order valence-corrected chi connectivity index (χ2v) is 6.98. The first-order valence-electron chi connectivity index (χ1n) is 8.80. The van der Waals surface area contributed by atoms with Gasteiger partial charge in [-0.15, -0.1) is 0 Å². The van der Waals surface area contributed by atoms with Crippen LogP contribution in [0.25, 0.3) is 0 Å². The third-order valence-corrected chi connectivity index (χ3v) is 5.37. The Morgan fingerprint density at radius 3 is 2.50 bits per heavy atom. The Kier molecular flexibility index (Phi) is 5.17. The molecular weight excluding hydrogens is 274 g/mol. The number of benzene rings is 1. The molecule has 122 valence electrons. The molecule has 22 heavy (non-hydrogen) atoms. The van der Waals surface area contributed by atoms with Crippen LogP contribution in [0.15, 0.2) is 30.3 Å². The van der Waals surface area contributed by atoms with Crippen LogP contribution >= 0.6 is 0 Å². The van der Waals surface area contributed by atoms with Gasteiger partial charge < -0.3 is 9.84 Å². The van der Waals surface area contributed by atoms with Gasteiger partial charge in [0.15, 0.2) is 0 Å². The first-order valence-corrected chi connectivity index (χ1v) is 8.80. The molecule has 0 amide bonds. The van der Waals surface area contributed by atoms with Gasteiger partial charge in [-0.2, -0.15) is 0 Å². The fraction of sp³-hybridized carbons (Fsp3) is 0.684. The summed E-state index contributed by atoms with van der Waals surface area (Å²) in [4.78, 5) is 2.65. The molecule has 3 rings (SSSR count). The smallest absolute Gasteiger partial charge is 0.0699 e. The Morgan fingerprint density at radius 1 is 1.18 bits per heavy atom. The molecule has 2 bridgehead atoms. The van der Waals surface area contributed by atoms with Crippen LogP contribution in [0.1, 0.15) is 51.0 Å². The summed E-state index contributed by atoms with van der Waals surface area (Å²) >= 11 is 0. The Morgan fingerprint density at radius 2 is 1.86 bits per heavy atom. The Balaban J connectivity index is 1.65. The van der Waals surface area contributed by atoms with Gasteiger partial charge in [-0.3, -0.25) is 4.90 Å². The predicted molar refractivity (Wildman–Crippen MR) is 88.7 cm³/mol. The second-order valence-electron chi connectivity index (χ2n) is 6.98. The molecule has 1 aromatic rings. The number of ether oxygens (including phenoxy) is 1. The van der Waals surface area contributed by atoms with E-state index >= 15 is 0 Å². The van der Waals surface area contributed by atoms with Crippen molar-refractivity contribution in [2.75, 3.05) is 13.2 Å². The van der Waals surface area contributed by atoms with E-state index in [-0.39, 0.29) is 0 Å². The fourth-order valence-corrected chi connectivity index (χ4v) is 4.28. The Hall–Kier alpha value is -0.900. The first kappa shape index (κ1) is 16.0. The summed E-state index contributed by atoms with van der Waals surface area (Å²) in [5.74, 6) is 0. The number of hydrogen-bond acceptors (Lipinski definition) is 3. The highest BCUT2D eigenvalue weighted by Crippen LogP contribution is 2.41. The molecule has 2 heterocycles. The third-order valence-electron chi connectivity index (χ3n) is 5.37. The summed E-state index contributed by atoms with van der Waals surface area (Å²) in [7, 11) is 0. The lowest BCUT2D eigenvalue weighted by Gasteiger charge is -2.52. The van der Waals surface area contributed by atoms with E-state index in [1.165, 1.54) is 24.8 Å². The highest BCUT2D eigenvalue weighted by atomic mass is 16.5. The monoisotopic (exact) mass is 303 g/mol. The van der Waals surface area contributed by atoms with Crippen molar-refractivity contribution in [2.45, 2.75) is 69.7 Å². The molecule has 0 saturated carbocycles. The van der Waals surface area contributed by atoms with E-state index in [1.807, 2.05) is 6.92 Å². The van der Waals surface area contributed by atoms with Crippen molar-refractivity contribution in [3.05, 3.63) is 35.9 Å². The lowest BCUT2D eigenvalue weighted by molar-refractivity contribution is -0.107. The van der Waals surface area contributed by atoms with Gasteiger partial charge in [0.05, 0.1) is 5.60 Å². The zero-order chi connectivity index (χ0) is 15.4. The van der Waals surface area contributed by atoms with Crippen LogP contribution in [-0.4, -0.2) is 40.9 Å². The van der Waals surface area contributed by atoms with Crippen molar-refractivity contribution >= 4 is 0 Å². The van der Waals surface area contributed by atoms with Crippen LogP contribution < -0.4 is 0 Å². The zero-order valence-electron chi connectivity index (χ0n) is 13.7. The fourth-order valence-electron chi connectivity index (χ4n) is 4.28. The lowest BCUT2D eigenvalue weighted by atomic mass is 9.74. The summed E-state index contributed by atoms with van der Waals surface area (Å²) in [6.45, 7) is 4.47. The van der Waals surface area contributed by atoms with E-state index in [1.54, 1.807) is 0 Å². The van der Waals surface area contributed by atoms with Crippen LogP contribution in [0.4, 0.5) is 0 Å². The molecular formula is C19H29NO2. The second kappa shape index (κ2) is 7.12. The van der Waals surface area contributed by atoms with Crippen molar-refractivity contribution in [1.82, 2.24) is 4.90 Å². The standard InChI is InChI=1S/C19H29NO2/c1-2-22-12-11-19(21)13-17-9-6-10-18(14-19)20(17)15-16-7-4-3-5-8-16/h3-5,7-8,17-18,21H,2,6,9-15H2,1H3. The summed E-state index contributed by atoms with van der Waals surface area (Å²) in [5.41, 5.74) is 0.872. The SMILES string of the molecule is CCOCCC1(O)CC2CCCC(C1)N2Cc1ccccc1. The molecule has 2 saturated heterocycles. The number of aliphatic hydroxyl groups is 1. The van der Waals surface area contributed by atoms with Gasteiger partial charge in [0.2, 0.25) is 0 Å². The molecule has 0 aliphatic carbocycles. The largest absolute Gasteiger partial charge is 0.390 e. The summed E-state index contributed by atoms with van der Waals surface area (Å²) in [6.07, 6.45) is 6.35. The molecule has 1 aromatic carbocycles. The van der Waals surface area contributed by atoms with E-state index in [9.17, 15) is 5.11 Å². The van der Waals surface area contributed by atoms with Gasteiger partial charge in [0.1, 0.15) is 0 Å². The molecule has 2 aliphatic rings. The molecule has 0 aromatic heterocycles. The maximum atomic E-state index is 11.0. The minimum atomic E-state index is -0.516. The number of nitrogens with zero attached hydrogens (tertiary/aromatic N) is 1. The Labute approximate surface area is 134 Å². The molecule has 0 radical (unpaired) electrons. The molecule has 1 N–H and O–H groups in total. The summed E-state index contributed by atoms with van der Waals surface area (Å²) in [6, 6.07) is 11.8. The van der Waals surface area contributed by atoms with Crippen molar-refractivity contribution in [1.29, 1.82) is 0 Å². The number of rotatable bonds is 6. The maximum absolute atomic E-state index is 11.0. The Bertz CT molecular complexity index is 448. The highest BCUT2D eigenvalue weighted by Gasteiger charge is 2.44. The van der Waals surface area contributed by atoms with E-state index in [2.05, 4.69) is 35.2 Å². The van der Waals surface area contributed by atoms with E-state index in [0.717, 1.165) is 32.4 Å². The van der Waals surface area contributed by atoms with Gasteiger partial charge in [0.25, 0.3) is 0 Å². The molecule has 3 heteroatoms. The van der Waals surface area contributed by atoms with Gasteiger partial charge in [0, 0.05) is 31.8 Å². The first-order chi connectivity index (χ1) is 10.7. The van der Waals surface area contributed by atoms with Crippen LogP contribution in [0.5, 0.6) is 0 Å². The lowest BCUT2D eigenvalue weighted by Crippen LogP contribution is -2.57. The molecule has 0 spiro atoms. The summed E-state index contributed by atoms with van der Waals surface area (Å²) < 4.78 is 5.47. The van der Waals surface area contributed by atoms with Crippen LogP contribution in [0, 0.1) is 0 Å². The number of fused-ring (bicyclic) bond motifs is 2. The van der Waals surface area contributed by atoms with E-state index in [0.29, 0.717) is 18.7 Å². The summed E-state index contributed by atoms with van der Waals surface area (Å²) in [5, 5.41) is 11.0. The predicted octanol–water partition coefficient (Wildman–Crippen LogP) is 3.36. The minimum absolute atomic E-state index is 0.516. The molecule has 2 atom stereocenters. The van der Waals surface area contributed by atoms with E-state index in [4.69, 9.17) is 4.74 Å². The average Bonchev–Trinajstić information content (AvgIpc) is 2.50. The number of hydrogen-bond donors (Lipinski definition) is 1. The van der Waals surface area contributed by atoms with Crippen LogP contribution in [0.2, 0.25) is 0 Å². The van der Waals surface area contributed by atoms with Crippen LogP contribution in [0.3, 0.4) is 0 Å². The number of piperidine rings is 2. The zero-order valence-corrected chi connectivity index (χ0v) is 13.7. The normalized spacial score (nSPS) is 32.1. The molecule has 2 aliphatic heterocycles. The third kappa shape index (κ3) is 3.70. The van der Waals surface area contributed by atoms with Gasteiger partial charge >= 0.3 is 0 Å². The highest BCUT2D eigenvalue weighted by molar-refractivity contribution is 5.15. The molecule has 2 unspecified atom stereocenters. The molecule has 3 nitrogen and oxygen atoms in total. The topological polar surface area (TPSA) is 32.7 Å². The van der Waals surface area contributed by atoms with Crippen LogP contribution in [-0.2, 0) is 11.3 Å². The van der Waals surface area contributed by atoms with Crippen molar-refractivity contribution in [3.63, 3.8) is 0 Å². The van der Waals surface area contributed by atoms with Gasteiger partial charge in [-0.1, -0.05) is 36.8 Å². The van der Waals surface area contributed by atoms with Crippen molar-refractivity contribution < 1.29 is 9.84 Å². The van der Waals surface area contributed by atoms with Gasteiger partial charge in [-0.05, 0) is 44.6 Å². The van der Waals surface area contributed by atoms with E-state index < -0.39 is 5.60 Å². The quantitative estimate of drug-likeness (QED) is 0.818. The molecule has 2 fully saturated rings. The van der Waals surface area contributed by atoms with Crippen molar-refractivity contribution in [3.8, 4) is 0 Å². The average molecular weight is 303 g/mol. The van der Waals surface area contributed by atoms with Gasteiger partial charge in [-0.25, -0.2) is 0 Å². The minimum Gasteiger partial charge on any atom is -0.390 e. The van der Waals surface area contributed by atoms with Crippen molar-refractivity contribution in [2.24, 2.45) is 0 Å².